The van der Waals surface area contributed by atoms with E-state index in [1.54, 1.807) is 53.4 Å². The lowest BCUT2D eigenvalue weighted by molar-refractivity contribution is 0.0303. The molecule has 2 heterocycles. The average molecular weight is 378 g/mol. The van der Waals surface area contributed by atoms with E-state index in [0.29, 0.717) is 48.5 Å². The van der Waals surface area contributed by atoms with Crippen LogP contribution in [-0.4, -0.2) is 43.0 Å². The van der Waals surface area contributed by atoms with Gasteiger partial charge in [0.25, 0.3) is 11.8 Å². The first-order chi connectivity index (χ1) is 13.6. The zero-order valence-corrected chi connectivity index (χ0v) is 15.0. The third-order valence-electron chi connectivity index (χ3n) is 4.55. The molecule has 0 saturated carbocycles. The molecule has 28 heavy (non-hydrogen) atoms. The van der Waals surface area contributed by atoms with Crippen molar-refractivity contribution in [1.29, 1.82) is 0 Å². The molecule has 1 aliphatic rings. The summed E-state index contributed by atoms with van der Waals surface area (Å²) >= 11 is 0. The second kappa shape index (κ2) is 7.66. The Bertz CT molecular complexity index is 1100. The molecule has 7 heteroatoms. The van der Waals surface area contributed by atoms with Crippen LogP contribution < -0.4 is 10.9 Å². The van der Waals surface area contributed by atoms with Gasteiger partial charge in [0.15, 0.2) is 0 Å². The molecule has 2 aromatic carbocycles. The number of nitrogens with zero attached hydrogens (tertiary/aromatic N) is 1. The maximum absolute atomic E-state index is 12.6. The summed E-state index contributed by atoms with van der Waals surface area (Å²) in [5.74, 6) is -0.708. The Labute approximate surface area is 160 Å². The van der Waals surface area contributed by atoms with Crippen molar-refractivity contribution in [3.05, 3.63) is 76.1 Å². The number of benzene rings is 2. The predicted octanol–water partition coefficient (Wildman–Crippen LogP) is 2.52. The molecule has 0 unspecified atom stereocenters. The van der Waals surface area contributed by atoms with Crippen LogP contribution in [0, 0.1) is 0 Å². The fourth-order valence-corrected chi connectivity index (χ4v) is 3.10. The highest BCUT2D eigenvalue weighted by Crippen LogP contribution is 2.16. The second-order valence-corrected chi connectivity index (χ2v) is 6.42. The van der Waals surface area contributed by atoms with Gasteiger partial charge in [0, 0.05) is 29.7 Å². The van der Waals surface area contributed by atoms with Gasteiger partial charge in [0.05, 0.1) is 13.2 Å². The van der Waals surface area contributed by atoms with Crippen molar-refractivity contribution in [1.82, 2.24) is 4.90 Å². The molecular formula is C21H18N2O5. The molecule has 4 rings (SSSR count). The topological polar surface area (TPSA) is 88.8 Å². The van der Waals surface area contributed by atoms with E-state index in [9.17, 15) is 14.4 Å². The number of fused-ring (bicyclic) bond motifs is 1. The van der Waals surface area contributed by atoms with Crippen molar-refractivity contribution in [2.45, 2.75) is 0 Å². The first-order valence-corrected chi connectivity index (χ1v) is 8.93. The number of anilines is 1. The van der Waals surface area contributed by atoms with Crippen molar-refractivity contribution in [2.24, 2.45) is 0 Å². The molecule has 0 atom stereocenters. The number of carbonyl (C=O) groups is 2. The van der Waals surface area contributed by atoms with Crippen LogP contribution in [0.5, 0.6) is 0 Å². The first-order valence-electron chi connectivity index (χ1n) is 8.93. The third kappa shape index (κ3) is 3.65. The van der Waals surface area contributed by atoms with Gasteiger partial charge in [-0.05, 0) is 30.3 Å². The maximum atomic E-state index is 12.6. The summed E-state index contributed by atoms with van der Waals surface area (Å²) in [6.07, 6.45) is 0. The molecule has 0 aliphatic carbocycles. The number of rotatable bonds is 3. The van der Waals surface area contributed by atoms with E-state index >= 15 is 0 Å². The van der Waals surface area contributed by atoms with Crippen molar-refractivity contribution < 1.29 is 18.7 Å². The number of para-hydroxylation sites is 1. The van der Waals surface area contributed by atoms with E-state index in [0.717, 1.165) is 0 Å². The van der Waals surface area contributed by atoms with Crippen LogP contribution >= 0.6 is 0 Å². The molecular weight excluding hydrogens is 360 g/mol. The van der Waals surface area contributed by atoms with Crippen LogP contribution in [0.1, 0.15) is 20.7 Å². The largest absolute Gasteiger partial charge is 0.422 e. The lowest BCUT2D eigenvalue weighted by Crippen LogP contribution is -2.40. The molecule has 0 bridgehead atoms. The number of hydrogen-bond donors (Lipinski definition) is 1. The van der Waals surface area contributed by atoms with Crippen molar-refractivity contribution in [3.63, 3.8) is 0 Å². The second-order valence-electron chi connectivity index (χ2n) is 6.42. The van der Waals surface area contributed by atoms with Gasteiger partial charge in [-0.1, -0.05) is 24.3 Å². The van der Waals surface area contributed by atoms with Gasteiger partial charge in [0.2, 0.25) is 0 Å². The van der Waals surface area contributed by atoms with Crippen molar-refractivity contribution in [2.75, 3.05) is 31.6 Å². The van der Waals surface area contributed by atoms with Gasteiger partial charge in [-0.25, -0.2) is 4.79 Å². The van der Waals surface area contributed by atoms with Crippen LogP contribution in [0.4, 0.5) is 5.69 Å². The third-order valence-corrected chi connectivity index (χ3v) is 4.55. The average Bonchev–Trinajstić information content (AvgIpc) is 2.73. The summed E-state index contributed by atoms with van der Waals surface area (Å²) in [5, 5.41) is 3.32. The number of nitrogens with one attached hydrogen (secondary N) is 1. The minimum Gasteiger partial charge on any atom is -0.422 e. The summed E-state index contributed by atoms with van der Waals surface area (Å²) in [6, 6.07) is 15.1. The lowest BCUT2D eigenvalue weighted by Gasteiger charge is -2.27. The molecule has 1 aromatic heterocycles. The van der Waals surface area contributed by atoms with Crippen molar-refractivity contribution >= 4 is 28.5 Å². The van der Waals surface area contributed by atoms with Gasteiger partial charge >= 0.3 is 5.63 Å². The number of carbonyl (C=O) groups excluding carboxylic acids is 2. The molecule has 142 valence electrons. The Morgan fingerprint density at radius 3 is 2.57 bits per heavy atom. The fraction of sp³-hybridized carbons (Fsp3) is 0.190. The molecule has 0 radical (unpaired) electrons. The van der Waals surface area contributed by atoms with Crippen LogP contribution in [0.25, 0.3) is 11.0 Å². The normalized spacial score (nSPS) is 14.1. The van der Waals surface area contributed by atoms with Crippen LogP contribution in [0.15, 0.2) is 63.8 Å². The molecule has 7 nitrogen and oxygen atoms in total. The van der Waals surface area contributed by atoms with Gasteiger partial charge < -0.3 is 19.4 Å². The molecule has 1 fully saturated rings. The molecule has 1 N–H and O–H groups in total. The quantitative estimate of drug-likeness (QED) is 0.708. The molecule has 1 saturated heterocycles. The smallest absolute Gasteiger partial charge is 0.349 e. The van der Waals surface area contributed by atoms with E-state index in [-0.39, 0.29) is 11.5 Å². The summed E-state index contributed by atoms with van der Waals surface area (Å²) < 4.78 is 10.5. The van der Waals surface area contributed by atoms with E-state index in [1.165, 1.54) is 6.07 Å². The summed E-state index contributed by atoms with van der Waals surface area (Å²) in [4.78, 5) is 39.0. The van der Waals surface area contributed by atoms with Crippen molar-refractivity contribution in [3.8, 4) is 0 Å². The Balaban J connectivity index is 1.56. The SMILES string of the molecule is O=C(Nc1cccc(C(=O)N2CCOCC2)c1)c1cc2ccccc2oc1=O. The highest BCUT2D eigenvalue weighted by atomic mass is 16.5. The fourth-order valence-electron chi connectivity index (χ4n) is 3.10. The Morgan fingerprint density at radius 2 is 1.75 bits per heavy atom. The molecule has 2 amide bonds. The first kappa shape index (κ1) is 17.9. The molecule has 1 aliphatic heterocycles. The van der Waals surface area contributed by atoms with Crippen LogP contribution in [0.3, 0.4) is 0 Å². The maximum Gasteiger partial charge on any atom is 0.349 e. The Morgan fingerprint density at radius 1 is 0.964 bits per heavy atom. The number of morpholine rings is 1. The highest BCUT2D eigenvalue weighted by Gasteiger charge is 2.19. The Kier molecular flexibility index (Phi) is 4.90. The minimum atomic E-state index is -0.711. The van der Waals surface area contributed by atoms with Gasteiger partial charge in [-0.2, -0.15) is 0 Å². The summed E-state index contributed by atoms with van der Waals surface area (Å²) in [7, 11) is 0. The van der Waals surface area contributed by atoms with Gasteiger partial charge in [-0.15, -0.1) is 0 Å². The molecule has 0 spiro atoms. The predicted molar refractivity (Wildman–Crippen MR) is 104 cm³/mol. The van der Waals surface area contributed by atoms with E-state index in [1.807, 2.05) is 0 Å². The summed E-state index contributed by atoms with van der Waals surface area (Å²) in [5.41, 5.74) is 0.504. The summed E-state index contributed by atoms with van der Waals surface area (Å²) in [6.45, 7) is 2.10. The number of ether oxygens (including phenoxy) is 1. The van der Waals surface area contributed by atoms with E-state index in [2.05, 4.69) is 5.32 Å². The standard InChI is InChI=1S/C21H18N2O5/c24-19(17-13-14-4-1-2-7-18(14)28-21(17)26)22-16-6-3-5-15(12-16)20(25)23-8-10-27-11-9-23/h1-7,12-13H,8-11H2,(H,22,24). The zero-order valence-electron chi connectivity index (χ0n) is 15.0. The molecule has 3 aromatic rings. The van der Waals surface area contributed by atoms with Crippen LogP contribution in [-0.2, 0) is 4.74 Å². The number of hydrogen-bond acceptors (Lipinski definition) is 5. The van der Waals surface area contributed by atoms with Crippen LogP contribution in [0.2, 0.25) is 0 Å². The highest BCUT2D eigenvalue weighted by molar-refractivity contribution is 6.06. The zero-order chi connectivity index (χ0) is 19.5. The Hall–Kier alpha value is -3.45. The van der Waals surface area contributed by atoms with E-state index < -0.39 is 11.5 Å². The van der Waals surface area contributed by atoms with Gasteiger partial charge in [0.1, 0.15) is 11.1 Å². The lowest BCUT2D eigenvalue weighted by atomic mass is 10.1. The number of amides is 2. The minimum absolute atomic E-state index is 0.0939. The van der Waals surface area contributed by atoms with Gasteiger partial charge in [-0.3, -0.25) is 9.59 Å². The van der Waals surface area contributed by atoms with E-state index in [4.69, 9.17) is 9.15 Å². The monoisotopic (exact) mass is 378 g/mol.